The molecular formula is C42H86. The van der Waals surface area contributed by atoms with E-state index < -0.39 is 0 Å². The molecule has 0 aliphatic rings. The molecule has 0 N–H and O–H groups in total. The van der Waals surface area contributed by atoms with Crippen LogP contribution in [0.4, 0.5) is 0 Å². The molecule has 0 aromatic heterocycles. The Labute approximate surface area is 270 Å². The van der Waals surface area contributed by atoms with E-state index in [9.17, 15) is 0 Å². The van der Waals surface area contributed by atoms with Crippen molar-refractivity contribution >= 4 is 0 Å². The number of unbranched alkanes of at least 4 members (excludes halogenated alkanes) is 30. The summed E-state index contributed by atoms with van der Waals surface area (Å²) in [5.74, 6) is 0. The maximum Gasteiger partial charge on any atom is -0.0303 e. The Hall–Kier alpha value is 0. The lowest BCUT2D eigenvalue weighted by Crippen LogP contribution is -2.32. The Morgan fingerprint density at radius 3 is 0.524 bits per heavy atom. The molecule has 0 radical (unpaired) electrons. The molecule has 0 aliphatic carbocycles. The van der Waals surface area contributed by atoms with Crippen molar-refractivity contribution in [3.8, 4) is 0 Å². The summed E-state index contributed by atoms with van der Waals surface area (Å²) in [6.45, 7) is 14.9. The van der Waals surface area contributed by atoms with Gasteiger partial charge in [-0.2, -0.15) is 0 Å². The van der Waals surface area contributed by atoms with Crippen LogP contribution in [-0.4, -0.2) is 0 Å². The summed E-state index contributed by atoms with van der Waals surface area (Å²) in [5, 5.41) is 0. The average molecular weight is 591 g/mol. The Bertz CT molecular complexity index is 454. The van der Waals surface area contributed by atoms with Gasteiger partial charge in [0.25, 0.3) is 0 Å². The maximum atomic E-state index is 2.56. The molecule has 0 aromatic rings. The van der Waals surface area contributed by atoms with Gasteiger partial charge < -0.3 is 0 Å². The van der Waals surface area contributed by atoms with Crippen LogP contribution in [0.25, 0.3) is 0 Å². The van der Waals surface area contributed by atoms with Crippen LogP contribution in [0.2, 0.25) is 0 Å². The fourth-order valence-electron chi connectivity index (χ4n) is 6.91. The van der Waals surface area contributed by atoms with Gasteiger partial charge in [0.15, 0.2) is 0 Å². The van der Waals surface area contributed by atoms with E-state index in [4.69, 9.17) is 0 Å². The van der Waals surface area contributed by atoms with E-state index in [1.807, 2.05) is 0 Å². The first-order valence-electron chi connectivity index (χ1n) is 20.4. The van der Waals surface area contributed by atoms with Gasteiger partial charge in [0.1, 0.15) is 0 Å². The molecule has 0 heterocycles. The molecule has 0 spiro atoms. The lowest BCUT2D eigenvalue weighted by molar-refractivity contribution is 0.0814. The van der Waals surface area contributed by atoms with E-state index in [2.05, 4.69) is 41.5 Å². The van der Waals surface area contributed by atoms with Crippen molar-refractivity contribution in [3.05, 3.63) is 0 Å². The van der Waals surface area contributed by atoms with E-state index in [0.717, 1.165) is 0 Å². The summed E-state index contributed by atoms with van der Waals surface area (Å²) in [7, 11) is 0. The Balaban J connectivity index is 3.53. The van der Waals surface area contributed by atoms with Crippen molar-refractivity contribution in [3.63, 3.8) is 0 Å². The van der Waals surface area contributed by atoms with Gasteiger partial charge in [0, 0.05) is 0 Å². The summed E-state index contributed by atoms with van der Waals surface area (Å²) in [4.78, 5) is 0. The van der Waals surface area contributed by atoms with Crippen molar-refractivity contribution in [1.29, 1.82) is 0 Å². The monoisotopic (exact) mass is 591 g/mol. The third-order valence-electron chi connectivity index (χ3n) is 11.1. The van der Waals surface area contributed by atoms with Gasteiger partial charge in [0.05, 0.1) is 0 Å². The average Bonchev–Trinajstić information content (AvgIpc) is 2.96. The molecule has 0 atom stereocenters. The Kier molecular flexibility index (Phi) is 31.0. The fourth-order valence-corrected chi connectivity index (χ4v) is 6.91. The molecule has 0 saturated carbocycles. The second-order valence-corrected chi connectivity index (χ2v) is 15.9. The van der Waals surface area contributed by atoms with Gasteiger partial charge in [-0.1, -0.05) is 247 Å². The molecular weight excluding hydrogens is 504 g/mol. The summed E-state index contributed by atoms with van der Waals surface area (Å²) >= 11 is 0. The van der Waals surface area contributed by atoms with Crippen LogP contribution in [0.5, 0.6) is 0 Å². The highest BCUT2D eigenvalue weighted by Crippen LogP contribution is 2.46. The first-order valence-corrected chi connectivity index (χ1v) is 20.4. The topological polar surface area (TPSA) is 0 Å². The lowest BCUT2D eigenvalue weighted by atomic mass is 9.63. The fraction of sp³-hybridized carbons (Fsp3) is 1.00. The highest BCUT2D eigenvalue weighted by Gasteiger charge is 2.35. The normalized spacial score (nSPS) is 12.4. The molecule has 0 heteroatoms. The van der Waals surface area contributed by atoms with Crippen molar-refractivity contribution in [2.75, 3.05) is 0 Å². The van der Waals surface area contributed by atoms with Crippen LogP contribution < -0.4 is 0 Å². The molecule has 0 unspecified atom stereocenters. The zero-order valence-electron chi connectivity index (χ0n) is 31.0. The molecule has 0 amide bonds. The lowest BCUT2D eigenvalue weighted by Gasteiger charge is -2.42. The molecule has 42 heavy (non-hydrogen) atoms. The van der Waals surface area contributed by atoms with Gasteiger partial charge in [-0.3, -0.25) is 0 Å². The molecule has 0 fully saturated rings. The SMILES string of the molecule is CCCCCCCCCCCCCCCCCCC(C)(C)C(C)(C)CCCCCCCCCCCCCCCCCC. The third kappa shape index (κ3) is 27.5. The highest BCUT2D eigenvalue weighted by atomic mass is 14.4. The van der Waals surface area contributed by atoms with Crippen LogP contribution in [0.1, 0.15) is 260 Å². The first kappa shape index (κ1) is 42.0. The van der Waals surface area contributed by atoms with Crippen LogP contribution in [0.15, 0.2) is 0 Å². The predicted molar refractivity (Wildman–Crippen MR) is 196 cm³/mol. The van der Waals surface area contributed by atoms with E-state index >= 15 is 0 Å². The molecule has 0 nitrogen and oxygen atoms in total. The number of hydrogen-bond donors (Lipinski definition) is 0. The maximum absolute atomic E-state index is 2.56. The van der Waals surface area contributed by atoms with Crippen LogP contribution in [-0.2, 0) is 0 Å². The summed E-state index contributed by atoms with van der Waals surface area (Å²) in [6, 6.07) is 0. The van der Waals surface area contributed by atoms with Crippen LogP contribution >= 0.6 is 0 Å². The van der Waals surface area contributed by atoms with Crippen molar-refractivity contribution in [2.45, 2.75) is 260 Å². The minimum atomic E-state index is 0.471. The molecule has 0 saturated heterocycles. The molecule has 0 aromatic carbocycles. The van der Waals surface area contributed by atoms with Gasteiger partial charge in [-0.15, -0.1) is 0 Å². The second-order valence-electron chi connectivity index (χ2n) is 15.9. The van der Waals surface area contributed by atoms with E-state index in [1.165, 1.54) is 218 Å². The molecule has 0 bridgehead atoms. The summed E-state index contributed by atoms with van der Waals surface area (Å²) < 4.78 is 0. The summed E-state index contributed by atoms with van der Waals surface area (Å²) in [5.41, 5.74) is 0.941. The van der Waals surface area contributed by atoms with Crippen molar-refractivity contribution < 1.29 is 0 Å². The largest absolute Gasteiger partial charge is 0.0654 e. The van der Waals surface area contributed by atoms with Gasteiger partial charge in [-0.25, -0.2) is 0 Å². The second kappa shape index (κ2) is 31.0. The zero-order valence-corrected chi connectivity index (χ0v) is 31.0. The quantitative estimate of drug-likeness (QED) is 0.0644. The Morgan fingerprint density at radius 1 is 0.214 bits per heavy atom. The van der Waals surface area contributed by atoms with Crippen LogP contribution in [0, 0.1) is 10.8 Å². The van der Waals surface area contributed by atoms with Gasteiger partial charge >= 0.3 is 0 Å². The van der Waals surface area contributed by atoms with E-state index in [0.29, 0.717) is 10.8 Å². The minimum Gasteiger partial charge on any atom is -0.0654 e. The number of hydrogen-bond acceptors (Lipinski definition) is 0. The summed E-state index contributed by atoms with van der Waals surface area (Å²) in [6.07, 6.45) is 49.7. The number of rotatable bonds is 35. The first-order chi connectivity index (χ1) is 20.4. The standard InChI is InChI=1S/C42H86/c1-7-9-11-13-15-17-19-21-23-25-27-29-31-33-35-37-39-41(3,4)42(5,6)40-38-36-34-32-30-28-26-24-22-20-18-16-14-12-10-8-2/h7-40H2,1-6H3. The molecule has 0 rings (SSSR count). The smallest absolute Gasteiger partial charge is 0.0303 e. The van der Waals surface area contributed by atoms with E-state index in [-0.39, 0.29) is 0 Å². The minimum absolute atomic E-state index is 0.471. The van der Waals surface area contributed by atoms with Crippen molar-refractivity contribution in [2.24, 2.45) is 10.8 Å². The predicted octanol–water partition coefficient (Wildman–Crippen LogP) is 16.3. The zero-order chi connectivity index (χ0) is 31.0. The third-order valence-corrected chi connectivity index (χ3v) is 11.1. The van der Waals surface area contributed by atoms with Crippen LogP contribution in [0.3, 0.4) is 0 Å². The van der Waals surface area contributed by atoms with Crippen molar-refractivity contribution in [1.82, 2.24) is 0 Å². The van der Waals surface area contributed by atoms with Gasteiger partial charge in [0.2, 0.25) is 0 Å². The molecule has 254 valence electrons. The highest BCUT2D eigenvalue weighted by molar-refractivity contribution is 4.86. The Morgan fingerprint density at radius 2 is 0.357 bits per heavy atom. The van der Waals surface area contributed by atoms with E-state index in [1.54, 1.807) is 0 Å². The molecule has 0 aliphatic heterocycles. The van der Waals surface area contributed by atoms with Gasteiger partial charge in [-0.05, 0) is 23.7 Å².